The smallest absolute Gasteiger partial charge is 0.343 e. The molecule has 0 aliphatic heterocycles. The summed E-state index contributed by atoms with van der Waals surface area (Å²) in [6, 6.07) is 19.9. The van der Waals surface area contributed by atoms with Gasteiger partial charge in [-0.2, -0.15) is 0 Å². The van der Waals surface area contributed by atoms with Crippen LogP contribution in [0, 0.1) is 0 Å². The van der Waals surface area contributed by atoms with Crippen LogP contribution in [-0.2, 0) is 12.8 Å². The first-order chi connectivity index (χ1) is 16.9. The van der Waals surface area contributed by atoms with E-state index in [0.717, 1.165) is 29.5 Å². The van der Waals surface area contributed by atoms with Crippen LogP contribution in [0.5, 0.6) is 11.5 Å². The Balaban J connectivity index is 0.00000145. The lowest BCUT2D eigenvalue weighted by Gasteiger charge is -2.15. The van der Waals surface area contributed by atoms with Crippen LogP contribution < -0.4 is 9.47 Å². The topological polar surface area (TPSA) is 52.6 Å². The second-order valence-electron chi connectivity index (χ2n) is 7.73. The Kier molecular flexibility index (Phi) is 13.1. The van der Waals surface area contributed by atoms with Gasteiger partial charge < -0.3 is 9.47 Å². The molecule has 0 fully saturated rings. The third-order valence-electron chi connectivity index (χ3n) is 5.21. The maximum atomic E-state index is 12.6. The number of benzene rings is 3. The maximum Gasteiger partial charge on any atom is 0.343 e. The van der Waals surface area contributed by atoms with Crippen molar-refractivity contribution >= 4 is 11.9 Å². The SMILES string of the molecule is CC.CC.CCc1ccc(C(=O)Oc2ccc(OC(=O)c3ccc(CC)cc3)c(C(C)C)c2)cc1. The molecule has 0 heterocycles. The van der Waals surface area contributed by atoms with E-state index in [1.165, 1.54) is 0 Å². The van der Waals surface area contributed by atoms with E-state index < -0.39 is 11.9 Å². The molecule has 0 saturated heterocycles. The average Bonchev–Trinajstić information content (AvgIpc) is 2.91. The fraction of sp³-hybridized carbons (Fsp3) is 0.355. The number of aryl methyl sites for hydroxylation is 2. The van der Waals surface area contributed by atoms with Crippen molar-refractivity contribution in [2.45, 2.75) is 74.1 Å². The molecule has 0 saturated carbocycles. The number of rotatable bonds is 7. The molecule has 0 atom stereocenters. The Labute approximate surface area is 211 Å². The lowest BCUT2D eigenvalue weighted by atomic mass is 10.0. The van der Waals surface area contributed by atoms with Gasteiger partial charge in [0.05, 0.1) is 11.1 Å². The third-order valence-corrected chi connectivity index (χ3v) is 5.21. The summed E-state index contributed by atoms with van der Waals surface area (Å²) in [5, 5.41) is 0. The standard InChI is InChI=1S/C27H28O4.2C2H6/c1-5-19-7-11-21(12-8-19)26(28)30-23-15-16-25(24(17-23)18(3)4)31-27(29)22-13-9-20(6-2)10-14-22;2*1-2/h7-18H,5-6H2,1-4H3;2*1-2H3. The van der Waals surface area contributed by atoms with Crippen molar-refractivity contribution in [3.05, 3.63) is 94.5 Å². The zero-order valence-corrected chi connectivity index (χ0v) is 22.5. The Morgan fingerprint density at radius 1 is 0.657 bits per heavy atom. The van der Waals surface area contributed by atoms with Crippen molar-refractivity contribution in [1.82, 2.24) is 0 Å². The molecule has 3 aromatic carbocycles. The molecule has 0 amide bonds. The van der Waals surface area contributed by atoms with Gasteiger partial charge in [0.15, 0.2) is 0 Å². The highest BCUT2D eigenvalue weighted by Crippen LogP contribution is 2.31. The summed E-state index contributed by atoms with van der Waals surface area (Å²) in [5.41, 5.74) is 4.11. The highest BCUT2D eigenvalue weighted by molar-refractivity contribution is 5.92. The molecular formula is C31H40O4. The fourth-order valence-electron chi connectivity index (χ4n) is 3.21. The first-order valence-electron chi connectivity index (χ1n) is 12.7. The van der Waals surface area contributed by atoms with Crippen LogP contribution in [0.15, 0.2) is 66.7 Å². The van der Waals surface area contributed by atoms with Gasteiger partial charge in [-0.05, 0) is 72.4 Å². The summed E-state index contributed by atoms with van der Waals surface area (Å²) in [4.78, 5) is 25.1. The van der Waals surface area contributed by atoms with Crippen LogP contribution in [0.4, 0.5) is 0 Å². The van der Waals surface area contributed by atoms with Crippen molar-refractivity contribution < 1.29 is 19.1 Å². The van der Waals surface area contributed by atoms with Gasteiger partial charge in [0.25, 0.3) is 0 Å². The molecule has 4 heteroatoms. The largest absolute Gasteiger partial charge is 0.423 e. The van der Waals surface area contributed by atoms with Gasteiger partial charge in [-0.3, -0.25) is 0 Å². The van der Waals surface area contributed by atoms with E-state index in [2.05, 4.69) is 13.8 Å². The molecule has 0 aromatic heterocycles. The van der Waals surface area contributed by atoms with Crippen LogP contribution in [0.2, 0.25) is 0 Å². The molecule has 0 aliphatic carbocycles. The van der Waals surface area contributed by atoms with Crippen LogP contribution in [0.25, 0.3) is 0 Å². The van der Waals surface area contributed by atoms with Crippen LogP contribution in [-0.4, -0.2) is 11.9 Å². The summed E-state index contributed by atoms with van der Waals surface area (Å²) in [6.07, 6.45) is 1.83. The third kappa shape index (κ3) is 8.71. The number of carbonyl (C=O) groups excluding carboxylic acids is 2. The Morgan fingerprint density at radius 3 is 1.49 bits per heavy atom. The molecule has 188 valence electrons. The quantitative estimate of drug-likeness (QED) is 0.254. The van der Waals surface area contributed by atoms with Gasteiger partial charge in [-0.1, -0.05) is 79.7 Å². The minimum absolute atomic E-state index is 0.0766. The van der Waals surface area contributed by atoms with Gasteiger partial charge in [-0.25, -0.2) is 9.59 Å². The molecule has 35 heavy (non-hydrogen) atoms. The van der Waals surface area contributed by atoms with Crippen molar-refractivity contribution in [2.24, 2.45) is 0 Å². The van der Waals surface area contributed by atoms with Gasteiger partial charge in [0.1, 0.15) is 11.5 Å². The van der Waals surface area contributed by atoms with Crippen LogP contribution >= 0.6 is 0 Å². The zero-order chi connectivity index (χ0) is 26.4. The van der Waals surface area contributed by atoms with E-state index in [9.17, 15) is 9.59 Å². The van der Waals surface area contributed by atoms with E-state index in [4.69, 9.17) is 9.47 Å². The van der Waals surface area contributed by atoms with Gasteiger partial charge in [0, 0.05) is 5.56 Å². The first-order valence-corrected chi connectivity index (χ1v) is 12.7. The monoisotopic (exact) mass is 476 g/mol. The van der Waals surface area contributed by atoms with E-state index in [-0.39, 0.29) is 5.92 Å². The molecule has 0 aliphatic rings. The number of ether oxygens (including phenoxy) is 2. The van der Waals surface area contributed by atoms with Crippen molar-refractivity contribution in [3.63, 3.8) is 0 Å². The minimum atomic E-state index is -0.418. The molecule has 0 unspecified atom stereocenters. The Hall–Kier alpha value is -3.40. The van der Waals surface area contributed by atoms with Gasteiger partial charge in [-0.15, -0.1) is 0 Å². The molecule has 0 N–H and O–H groups in total. The maximum absolute atomic E-state index is 12.6. The second kappa shape index (κ2) is 15.5. The summed E-state index contributed by atoms with van der Waals surface area (Å²) >= 11 is 0. The number of carbonyl (C=O) groups is 2. The van der Waals surface area contributed by atoms with Crippen LogP contribution in [0.1, 0.15) is 98.7 Å². The molecule has 4 nitrogen and oxygen atoms in total. The van der Waals surface area contributed by atoms with E-state index in [0.29, 0.717) is 22.6 Å². The predicted octanol–water partition coefficient (Wildman–Crippen LogP) is 8.43. The highest BCUT2D eigenvalue weighted by atomic mass is 16.5. The van der Waals surface area contributed by atoms with Crippen molar-refractivity contribution in [1.29, 1.82) is 0 Å². The summed E-state index contributed by atoms with van der Waals surface area (Å²) in [5.74, 6) is 0.128. The molecule has 0 radical (unpaired) electrons. The number of hydrogen-bond acceptors (Lipinski definition) is 4. The van der Waals surface area contributed by atoms with E-state index in [1.54, 1.807) is 42.5 Å². The highest BCUT2D eigenvalue weighted by Gasteiger charge is 2.16. The normalized spacial score (nSPS) is 9.86. The summed E-state index contributed by atoms with van der Waals surface area (Å²) in [7, 11) is 0. The minimum Gasteiger partial charge on any atom is -0.423 e. The predicted molar refractivity (Wildman–Crippen MR) is 145 cm³/mol. The molecule has 0 bridgehead atoms. The molecule has 3 aromatic rings. The van der Waals surface area contributed by atoms with Crippen molar-refractivity contribution in [2.75, 3.05) is 0 Å². The molecular weight excluding hydrogens is 436 g/mol. The second-order valence-corrected chi connectivity index (χ2v) is 7.73. The van der Waals surface area contributed by atoms with Gasteiger partial charge in [0.2, 0.25) is 0 Å². The lowest BCUT2D eigenvalue weighted by Crippen LogP contribution is -2.12. The first kappa shape index (κ1) is 29.6. The van der Waals surface area contributed by atoms with Crippen molar-refractivity contribution in [3.8, 4) is 11.5 Å². The lowest BCUT2D eigenvalue weighted by molar-refractivity contribution is 0.0717. The fourth-order valence-corrected chi connectivity index (χ4v) is 3.21. The van der Waals surface area contributed by atoms with E-state index in [1.807, 2.05) is 65.8 Å². The number of hydrogen-bond donors (Lipinski definition) is 0. The van der Waals surface area contributed by atoms with Gasteiger partial charge >= 0.3 is 11.9 Å². The van der Waals surface area contributed by atoms with Crippen LogP contribution in [0.3, 0.4) is 0 Å². The molecule has 0 spiro atoms. The Bertz CT molecular complexity index is 1050. The zero-order valence-electron chi connectivity index (χ0n) is 22.5. The summed E-state index contributed by atoms with van der Waals surface area (Å²) < 4.78 is 11.2. The number of esters is 2. The Morgan fingerprint density at radius 2 is 1.09 bits per heavy atom. The van der Waals surface area contributed by atoms with E-state index >= 15 is 0 Å². The summed E-state index contributed by atoms with van der Waals surface area (Å²) in [6.45, 7) is 16.1. The molecule has 3 rings (SSSR count). The average molecular weight is 477 g/mol.